The highest BCUT2D eigenvalue weighted by Gasteiger charge is 2.21. The van der Waals surface area contributed by atoms with Crippen molar-refractivity contribution in [3.63, 3.8) is 0 Å². The molecule has 0 radical (unpaired) electrons. The third kappa shape index (κ3) is 5.83. The van der Waals surface area contributed by atoms with E-state index in [1.54, 1.807) is 12.1 Å². The van der Waals surface area contributed by atoms with Gasteiger partial charge in [-0.2, -0.15) is 0 Å². The van der Waals surface area contributed by atoms with Crippen LogP contribution in [0.1, 0.15) is 45.2 Å². The fourth-order valence-corrected chi connectivity index (χ4v) is 1.96. The molecular formula is C15H23FN2O. The summed E-state index contributed by atoms with van der Waals surface area (Å²) in [6, 6.07) is 6.16. The van der Waals surface area contributed by atoms with Crippen molar-refractivity contribution in [1.29, 1.82) is 0 Å². The molecule has 0 saturated carbocycles. The van der Waals surface area contributed by atoms with E-state index < -0.39 is 0 Å². The Bertz CT molecular complexity index is 409. The predicted octanol–water partition coefficient (Wildman–Crippen LogP) is 2.77. The first-order valence-electron chi connectivity index (χ1n) is 6.57. The van der Waals surface area contributed by atoms with Crippen LogP contribution in [0.15, 0.2) is 24.3 Å². The summed E-state index contributed by atoms with van der Waals surface area (Å²) >= 11 is 0. The minimum atomic E-state index is -0.272. The zero-order valence-corrected chi connectivity index (χ0v) is 11.9. The van der Waals surface area contributed by atoms with E-state index in [0.29, 0.717) is 13.0 Å². The zero-order valence-electron chi connectivity index (χ0n) is 11.9. The largest absolute Gasteiger partial charge is 0.349 e. The molecule has 0 aromatic heterocycles. The summed E-state index contributed by atoms with van der Waals surface area (Å²) in [4.78, 5) is 11.7. The van der Waals surface area contributed by atoms with Crippen molar-refractivity contribution in [1.82, 2.24) is 5.32 Å². The molecule has 1 atom stereocenters. The van der Waals surface area contributed by atoms with Gasteiger partial charge >= 0.3 is 0 Å². The number of nitrogens with one attached hydrogen (secondary N) is 1. The molecule has 1 rings (SSSR count). The summed E-state index contributed by atoms with van der Waals surface area (Å²) in [5, 5.41) is 2.97. The van der Waals surface area contributed by atoms with Crippen LogP contribution < -0.4 is 11.1 Å². The average molecular weight is 266 g/mol. The van der Waals surface area contributed by atoms with Crippen LogP contribution >= 0.6 is 0 Å². The fraction of sp³-hybridized carbons (Fsp3) is 0.533. The monoisotopic (exact) mass is 266 g/mol. The molecule has 106 valence electrons. The van der Waals surface area contributed by atoms with Crippen molar-refractivity contribution < 1.29 is 9.18 Å². The maximum Gasteiger partial charge on any atom is 0.221 e. The second-order valence-corrected chi connectivity index (χ2v) is 5.98. The van der Waals surface area contributed by atoms with Crippen molar-refractivity contribution in [2.75, 3.05) is 6.54 Å². The molecular weight excluding hydrogens is 243 g/mol. The van der Waals surface area contributed by atoms with Crippen LogP contribution in [0.4, 0.5) is 4.39 Å². The van der Waals surface area contributed by atoms with Crippen LogP contribution in [0.25, 0.3) is 0 Å². The average Bonchev–Trinajstić information content (AvgIpc) is 2.27. The number of rotatable bonds is 5. The Labute approximate surface area is 114 Å². The first-order chi connectivity index (χ1) is 8.81. The molecule has 0 aliphatic carbocycles. The van der Waals surface area contributed by atoms with E-state index in [2.05, 4.69) is 26.1 Å². The van der Waals surface area contributed by atoms with Crippen molar-refractivity contribution in [3.05, 3.63) is 35.6 Å². The van der Waals surface area contributed by atoms with Gasteiger partial charge in [-0.05, 0) is 29.5 Å². The smallest absolute Gasteiger partial charge is 0.221 e. The topological polar surface area (TPSA) is 55.1 Å². The molecule has 0 fully saturated rings. The molecule has 1 aromatic carbocycles. The fourth-order valence-electron chi connectivity index (χ4n) is 1.96. The van der Waals surface area contributed by atoms with Gasteiger partial charge in [0.25, 0.3) is 0 Å². The van der Waals surface area contributed by atoms with E-state index in [1.807, 2.05) is 0 Å². The molecule has 0 saturated heterocycles. The maximum atomic E-state index is 13.0. The number of halogens is 1. The van der Waals surface area contributed by atoms with E-state index in [-0.39, 0.29) is 23.2 Å². The SMILES string of the molecule is CC(C)(C)CC(NC(=O)CCN)c1ccc(F)cc1. The van der Waals surface area contributed by atoms with E-state index in [0.717, 1.165) is 12.0 Å². The second-order valence-electron chi connectivity index (χ2n) is 5.98. The number of hydrogen-bond acceptors (Lipinski definition) is 2. The number of hydrogen-bond donors (Lipinski definition) is 2. The third-order valence-electron chi connectivity index (χ3n) is 2.80. The van der Waals surface area contributed by atoms with Crippen molar-refractivity contribution in [2.24, 2.45) is 11.1 Å². The molecule has 0 aliphatic rings. The van der Waals surface area contributed by atoms with Crippen molar-refractivity contribution >= 4 is 5.91 Å². The Morgan fingerprint density at radius 1 is 1.32 bits per heavy atom. The highest BCUT2D eigenvalue weighted by atomic mass is 19.1. The standard InChI is InChI=1S/C15H23FN2O/c1-15(2,3)10-13(18-14(19)8-9-17)11-4-6-12(16)7-5-11/h4-7,13H,8-10,17H2,1-3H3,(H,18,19). The number of benzene rings is 1. The van der Waals surface area contributed by atoms with Crippen LogP contribution in [0.2, 0.25) is 0 Å². The van der Waals surface area contributed by atoms with Gasteiger partial charge in [-0.15, -0.1) is 0 Å². The quantitative estimate of drug-likeness (QED) is 0.861. The molecule has 0 aliphatic heterocycles. The van der Waals surface area contributed by atoms with Crippen molar-refractivity contribution in [2.45, 2.75) is 39.7 Å². The number of nitrogens with two attached hydrogens (primary N) is 1. The first-order valence-corrected chi connectivity index (χ1v) is 6.57. The van der Waals surface area contributed by atoms with Gasteiger partial charge < -0.3 is 11.1 Å². The van der Waals surface area contributed by atoms with Gasteiger partial charge in [-0.25, -0.2) is 4.39 Å². The lowest BCUT2D eigenvalue weighted by Crippen LogP contribution is -2.32. The zero-order chi connectivity index (χ0) is 14.5. The summed E-state index contributed by atoms with van der Waals surface area (Å²) < 4.78 is 13.0. The summed E-state index contributed by atoms with van der Waals surface area (Å²) in [6.45, 7) is 6.66. The van der Waals surface area contributed by atoms with Crippen LogP contribution in [-0.4, -0.2) is 12.5 Å². The third-order valence-corrected chi connectivity index (χ3v) is 2.80. The minimum absolute atomic E-state index is 0.0645. The molecule has 0 spiro atoms. The van der Waals surface area contributed by atoms with E-state index in [4.69, 9.17) is 5.73 Å². The van der Waals surface area contributed by atoms with Gasteiger partial charge in [0, 0.05) is 13.0 Å². The number of carbonyl (C=O) groups excluding carboxylic acids is 1. The van der Waals surface area contributed by atoms with Gasteiger partial charge in [0.2, 0.25) is 5.91 Å². The Morgan fingerprint density at radius 2 is 1.89 bits per heavy atom. The summed E-state index contributed by atoms with van der Waals surface area (Å²) in [6.07, 6.45) is 1.09. The van der Waals surface area contributed by atoms with E-state index in [1.165, 1.54) is 12.1 Å². The Balaban J connectivity index is 2.85. The number of carbonyl (C=O) groups is 1. The molecule has 0 heterocycles. The molecule has 1 unspecified atom stereocenters. The van der Waals surface area contributed by atoms with E-state index >= 15 is 0 Å². The van der Waals surface area contributed by atoms with Crippen LogP contribution in [0, 0.1) is 11.2 Å². The van der Waals surface area contributed by atoms with Gasteiger partial charge in [-0.3, -0.25) is 4.79 Å². The van der Waals surface area contributed by atoms with Crippen molar-refractivity contribution in [3.8, 4) is 0 Å². The van der Waals surface area contributed by atoms with Gasteiger partial charge in [0.1, 0.15) is 5.82 Å². The Kier molecular flexibility index (Phi) is 5.48. The normalized spacial score (nSPS) is 13.1. The predicted molar refractivity (Wildman–Crippen MR) is 75.0 cm³/mol. The summed E-state index contributed by atoms with van der Waals surface area (Å²) in [5.74, 6) is -0.340. The molecule has 1 amide bonds. The van der Waals surface area contributed by atoms with Crippen LogP contribution in [0.5, 0.6) is 0 Å². The lowest BCUT2D eigenvalue weighted by Gasteiger charge is -2.27. The van der Waals surface area contributed by atoms with Crippen LogP contribution in [0.3, 0.4) is 0 Å². The van der Waals surface area contributed by atoms with E-state index in [9.17, 15) is 9.18 Å². The van der Waals surface area contributed by atoms with Crippen LogP contribution in [-0.2, 0) is 4.79 Å². The van der Waals surface area contributed by atoms with Gasteiger partial charge in [0.05, 0.1) is 6.04 Å². The highest BCUT2D eigenvalue weighted by Crippen LogP contribution is 2.29. The minimum Gasteiger partial charge on any atom is -0.349 e. The molecule has 0 bridgehead atoms. The van der Waals surface area contributed by atoms with Gasteiger partial charge in [0.15, 0.2) is 0 Å². The molecule has 1 aromatic rings. The Morgan fingerprint density at radius 3 is 2.37 bits per heavy atom. The summed E-state index contributed by atoms with van der Waals surface area (Å²) in [5.41, 5.74) is 6.36. The molecule has 3 nitrogen and oxygen atoms in total. The lowest BCUT2D eigenvalue weighted by atomic mass is 9.85. The molecule has 19 heavy (non-hydrogen) atoms. The number of amides is 1. The first kappa shape index (κ1) is 15.6. The summed E-state index contributed by atoms with van der Waals surface area (Å²) in [7, 11) is 0. The second kappa shape index (κ2) is 6.66. The highest BCUT2D eigenvalue weighted by molar-refractivity contribution is 5.76. The molecule has 3 N–H and O–H groups in total. The van der Waals surface area contributed by atoms with Gasteiger partial charge in [-0.1, -0.05) is 32.9 Å². The maximum absolute atomic E-state index is 13.0. The Hall–Kier alpha value is -1.42. The molecule has 4 heteroatoms. The lowest BCUT2D eigenvalue weighted by molar-refractivity contribution is -0.121.